The van der Waals surface area contributed by atoms with E-state index in [1.807, 2.05) is 0 Å². The summed E-state index contributed by atoms with van der Waals surface area (Å²) in [5.74, 6) is -0.0296. The number of fused-ring (bicyclic) bond motifs is 1. The second-order valence-corrected chi connectivity index (χ2v) is 8.65. The number of benzene rings is 1. The van der Waals surface area contributed by atoms with E-state index in [9.17, 15) is 28.1 Å². The lowest BCUT2D eigenvalue weighted by Gasteiger charge is -2.38. The highest BCUT2D eigenvalue weighted by atomic mass is 32.1. The largest absolute Gasteiger partial charge is 0.418 e. The molecule has 0 bridgehead atoms. The number of hydrogen-bond donors (Lipinski definition) is 0. The first-order valence-electron chi connectivity index (χ1n) is 9.88. The summed E-state index contributed by atoms with van der Waals surface area (Å²) >= 11 is 1.73. The molecule has 2 aromatic rings. The lowest BCUT2D eigenvalue weighted by Crippen LogP contribution is -2.51. The highest BCUT2D eigenvalue weighted by Gasteiger charge is 2.37. The van der Waals surface area contributed by atoms with Gasteiger partial charge in [-0.3, -0.25) is 19.8 Å². The fraction of sp³-hybridized carbons (Fsp3) is 0.450. The number of amides is 1. The Morgan fingerprint density at radius 3 is 2.55 bits per heavy atom. The zero-order valence-corrected chi connectivity index (χ0v) is 17.4. The topological polar surface area (TPSA) is 69.9 Å². The molecular formula is C20H21F3N4O3S. The van der Waals surface area contributed by atoms with Crippen LogP contribution >= 0.6 is 11.3 Å². The van der Waals surface area contributed by atoms with Crippen LogP contribution in [0.4, 0.5) is 24.5 Å². The van der Waals surface area contributed by atoms with Crippen molar-refractivity contribution < 1.29 is 22.9 Å². The number of nitrogens with zero attached hydrogens (tertiary/aromatic N) is 4. The maximum atomic E-state index is 13.5. The lowest BCUT2D eigenvalue weighted by molar-refractivity contribution is -0.385. The summed E-state index contributed by atoms with van der Waals surface area (Å²) < 4.78 is 40.4. The number of thiophene rings is 1. The van der Waals surface area contributed by atoms with Gasteiger partial charge in [-0.25, -0.2) is 0 Å². The maximum absolute atomic E-state index is 13.5. The molecule has 0 aliphatic carbocycles. The van der Waals surface area contributed by atoms with Crippen LogP contribution in [0.1, 0.15) is 16.0 Å². The van der Waals surface area contributed by atoms with Gasteiger partial charge in [0, 0.05) is 62.0 Å². The molecule has 2 aliphatic heterocycles. The third kappa shape index (κ3) is 4.67. The Labute approximate surface area is 180 Å². The van der Waals surface area contributed by atoms with E-state index in [1.165, 1.54) is 15.3 Å². The number of rotatable bonds is 4. The normalized spacial score (nSPS) is 17.5. The summed E-state index contributed by atoms with van der Waals surface area (Å²) in [4.78, 5) is 29.4. The molecule has 2 aliphatic rings. The van der Waals surface area contributed by atoms with Gasteiger partial charge in [0.2, 0.25) is 5.91 Å². The Balaban J connectivity index is 1.38. The number of piperazine rings is 1. The van der Waals surface area contributed by atoms with Crippen LogP contribution in [0.15, 0.2) is 29.6 Å². The van der Waals surface area contributed by atoms with Gasteiger partial charge in [-0.2, -0.15) is 13.2 Å². The molecule has 4 rings (SSSR count). The van der Waals surface area contributed by atoms with E-state index < -0.39 is 22.4 Å². The highest BCUT2D eigenvalue weighted by Crippen LogP contribution is 2.39. The Morgan fingerprint density at radius 2 is 1.87 bits per heavy atom. The van der Waals surface area contributed by atoms with Gasteiger partial charge >= 0.3 is 6.18 Å². The number of nitro benzene ring substituents is 1. The monoisotopic (exact) mass is 454 g/mol. The standard InChI is InChI=1S/C20H21F3N4O3S/c21-20(22,23)16-11-15(27(29)30)1-2-17(16)25-6-8-26(9-7-25)19(28)13-24-5-3-18-14(12-24)4-10-31-18/h1-2,4,10-11H,3,5-9,12-13H2. The van der Waals surface area contributed by atoms with E-state index in [0.29, 0.717) is 25.7 Å². The molecule has 0 spiro atoms. The van der Waals surface area contributed by atoms with Crippen LogP contribution in [0, 0.1) is 10.1 Å². The second-order valence-electron chi connectivity index (χ2n) is 7.65. The predicted octanol–water partition coefficient (Wildman–Crippen LogP) is 3.38. The molecule has 31 heavy (non-hydrogen) atoms. The smallest absolute Gasteiger partial charge is 0.367 e. The Hall–Kier alpha value is -2.66. The molecule has 3 heterocycles. The Morgan fingerprint density at radius 1 is 1.13 bits per heavy atom. The van der Waals surface area contributed by atoms with E-state index in [1.54, 1.807) is 16.2 Å². The summed E-state index contributed by atoms with van der Waals surface area (Å²) in [5.41, 5.74) is -0.459. The van der Waals surface area contributed by atoms with Crippen molar-refractivity contribution in [2.75, 3.05) is 44.2 Å². The fourth-order valence-electron chi connectivity index (χ4n) is 4.07. The molecule has 0 N–H and O–H groups in total. The van der Waals surface area contributed by atoms with Gasteiger partial charge in [-0.1, -0.05) is 0 Å². The molecule has 0 atom stereocenters. The van der Waals surface area contributed by atoms with Crippen LogP contribution in [0.25, 0.3) is 0 Å². The summed E-state index contributed by atoms with van der Waals surface area (Å²) in [6, 6.07) is 4.88. The van der Waals surface area contributed by atoms with Crippen molar-refractivity contribution in [2.45, 2.75) is 19.1 Å². The summed E-state index contributed by atoms with van der Waals surface area (Å²) in [6.07, 6.45) is -3.78. The number of anilines is 1. The van der Waals surface area contributed by atoms with Crippen molar-refractivity contribution >= 4 is 28.6 Å². The third-order valence-corrected chi connectivity index (χ3v) is 6.74. The first kappa shape index (κ1) is 21.6. The van der Waals surface area contributed by atoms with Gasteiger partial charge in [-0.05, 0) is 29.5 Å². The number of nitro groups is 1. The Bertz CT molecular complexity index is 986. The lowest BCUT2D eigenvalue weighted by atomic mass is 10.1. The van der Waals surface area contributed by atoms with Crippen LogP contribution in [0.3, 0.4) is 0 Å². The molecule has 166 valence electrons. The van der Waals surface area contributed by atoms with Gasteiger partial charge in [0.15, 0.2) is 0 Å². The average molecular weight is 454 g/mol. The molecule has 1 fully saturated rings. The van der Waals surface area contributed by atoms with Crippen LogP contribution in [0.2, 0.25) is 0 Å². The molecule has 7 nitrogen and oxygen atoms in total. The van der Waals surface area contributed by atoms with Gasteiger partial charge in [0.25, 0.3) is 5.69 Å². The number of carbonyl (C=O) groups excluding carboxylic acids is 1. The van der Waals surface area contributed by atoms with Crippen LogP contribution < -0.4 is 4.90 Å². The molecule has 1 aromatic heterocycles. The summed E-state index contributed by atoms with van der Waals surface area (Å²) in [6.45, 7) is 2.94. The first-order chi connectivity index (χ1) is 14.7. The molecule has 0 radical (unpaired) electrons. The molecule has 0 saturated carbocycles. The maximum Gasteiger partial charge on any atom is 0.418 e. The van der Waals surface area contributed by atoms with Gasteiger partial charge in [-0.15, -0.1) is 11.3 Å². The number of alkyl halides is 3. The number of halogens is 3. The quantitative estimate of drug-likeness (QED) is 0.523. The Kier molecular flexibility index (Phi) is 5.89. The van der Waals surface area contributed by atoms with Gasteiger partial charge in [0.1, 0.15) is 0 Å². The molecule has 0 unspecified atom stereocenters. The zero-order chi connectivity index (χ0) is 22.2. The van der Waals surface area contributed by atoms with Crippen LogP contribution in [-0.2, 0) is 23.9 Å². The first-order valence-corrected chi connectivity index (χ1v) is 10.8. The molecule has 1 amide bonds. The number of non-ortho nitro benzene ring substituents is 1. The average Bonchev–Trinajstić information content (AvgIpc) is 3.20. The zero-order valence-electron chi connectivity index (χ0n) is 16.6. The van der Waals surface area contributed by atoms with E-state index >= 15 is 0 Å². The number of carbonyl (C=O) groups is 1. The third-order valence-electron chi connectivity index (χ3n) is 5.72. The van der Waals surface area contributed by atoms with Crippen molar-refractivity contribution in [2.24, 2.45) is 0 Å². The molecule has 1 saturated heterocycles. The van der Waals surface area contributed by atoms with Crippen LogP contribution in [0.5, 0.6) is 0 Å². The predicted molar refractivity (Wildman–Crippen MR) is 110 cm³/mol. The minimum absolute atomic E-state index is 0.0296. The van der Waals surface area contributed by atoms with Gasteiger partial charge < -0.3 is 9.80 Å². The number of hydrogen-bond acceptors (Lipinski definition) is 6. The van der Waals surface area contributed by atoms with Crippen LogP contribution in [-0.4, -0.2) is 59.9 Å². The second kappa shape index (κ2) is 8.46. The van der Waals surface area contributed by atoms with Crippen molar-refractivity contribution in [1.29, 1.82) is 0 Å². The van der Waals surface area contributed by atoms with Crippen molar-refractivity contribution in [3.63, 3.8) is 0 Å². The van der Waals surface area contributed by atoms with E-state index in [2.05, 4.69) is 16.3 Å². The van der Waals surface area contributed by atoms with Gasteiger partial charge in [0.05, 0.1) is 17.0 Å². The van der Waals surface area contributed by atoms with Crippen molar-refractivity contribution in [1.82, 2.24) is 9.80 Å². The fourth-order valence-corrected chi connectivity index (χ4v) is 4.96. The highest BCUT2D eigenvalue weighted by molar-refractivity contribution is 7.10. The minimum atomic E-state index is -4.71. The summed E-state index contributed by atoms with van der Waals surface area (Å²) in [7, 11) is 0. The SMILES string of the molecule is O=C(CN1CCc2sccc2C1)N1CCN(c2ccc([N+](=O)[O-])cc2C(F)(F)F)CC1. The van der Waals surface area contributed by atoms with E-state index in [4.69, 9.17) is 0 Å². The molecular weight excluding hydrogens is 433 g/mol. The minimum Gasteiger partial charge on any atom is -0.367 e. The van der Waals surface area contributed by atoms with Crippen molar-refractivity contribution in [3.05, 3.63) is 55.8 Å². The molecule has 11 heteroatoms. The van der Waals surface area contributed by atoms with Crippen molar-refractivity contribution in [3.8, 4) is 0 Å². The summed E-state index contributed by atoms with van der Waals surface area (Å²) in [5, 5.41) is 12.9. The molecule has 1 aromatic carbocycles. The van der Waals surface area contributed by atoms with E-state index in [-0.39, 0.29) is 24.7 Å². The van der Waals surface area contributed by atoms with E-state index in [0.717, 1.165) is 31.6 Å².